The minimum absolute atomic E-state index is 0.635. The van der Waals surface area contributed by atoms with Crippen molar-refractivity contribution in [3.63, 3.8) is 0 Å². The van der Waals surface area contributed by atoms with Gasteiger partial charge < -0.3 is 16.0 Å². The molecule has 4 N–H and O–H groups in total. The van der Waals surface area contributed by atoms with Gasteiger partial charge in [-0.15, -0.1) is 0 Å². The summed E-state index contributed by atoms with van der Waals surface area (Å²) in [5, 5.41) is 7.49. The van der Waals surface area contributed by atoms with E-state index in [-0.39, 0.29) is 0 Å². The number of anilines is 2. The summed E-state index contributed by atoms with van der Waals surface area (Å²) in [6.45, 7) is 0.635. The van der Waals surface area contributed by atoms with Gasteiger partial charge in [0.2, 0.25) is 5.95 Å². The normalized spacial score (nSPS) is 10.9. The first-order valence-corrected chi connectivity index (χ1v) is 5.68. The quantitative estimate of drug-likeness (QED) is 0.607. The first-order valence-electron chi connectivity index (χ1n) is 5.68. The Morgan fingerprint density at radius 3 is 3.06 bits per heavy atom. The number of rotatable bonds is 3. The number of hydrogen-bond acceptors (Lipinski definition) is 4. The summed E-state index contributed by atoms with van der Waals surface area (Å²) in [6.07, 6.45) is 1.91. The van der Waals surface area contributed by atoms with Crippen molar-refractivity contribution in [2.45, 2.75) is 6.54 Å². The molecule has 6 heteroatoms. The van der Waals surface area contributed by atoms with Crippen molar-refractivity contribution >= 4 is 22.7 Å². The van der Waals surface area contributed by atoms with Crippen LogP contribution in [0.15, 0.2) is 30.5 Å². The van der Waals surface area contributed by atoms with Crippen LogP contribution in [0.25, 0.3) is 11.0 Å². The van der Waals surface area contributed by atoms with Gasteiger partial charge in [0.15, 0.2) is 0 Å². The Balaban J connectivity index is 1.78. The van der Waals surface area contributed by atoms with Gasteiger partial charge in [0.05, 0.1) is 23.3 Å². The third-order valence-electron chi connectivity index (χ3n) is 2.71. The van der Waals surface area contributed by atoms with Crippen molar-refractivity contribution in [1.29, 1.82) is 0 Å². The van der Waals surface area contributed by atoms with E-state index < -0.39 is 0 Å². The van der Waals surface area contributed by atoms with Gasteiger partial charge >= 0.3 is 0 Å². The molecule has 0 saturated carbocycles. The number of nitrogens with one attached hydrogen (secondary N) is 2. The number of imidazole rings is 1. The van der Waals surface area contributed by atoms with E-state index in [4.69, 9.17) is 5.73 Å². The van der Waals surface area contributed by atoms with Crippen molar-refractivity contribution < 1.29 is 0 Å². The van der Waals surface area contributed by atoms with Crippen molar-refractivity contribution in [2.75, 3.05) is 11.1 Å². The number of nitrogen functional groups attached to an aromatic ring is 1. The molecule has 0 atom stereocenters. The number of hydrogen-bond donors (Lipinski definition) is 3. The molecule has 0 bridgehead atoms. The van der Waals surface area contributed by atoms with Crippen LogP contribution in [0.2, 0.25) is 0 Å². The van der Waals surface area contributed by atoms with E-state index in [1.165, 1.54) is 0 Å². The monoisotopic (exact) mass is 242 g/mol. The average molecular weight is 242 g/mol. The molecule has 18 heavy (non-hydrogen) atoms. The Kier molecular flexibility index (Phi) is 2.40. The van der Waals surface area contributed by atoms with E-state index in [1.54, 1.807) is 4.68 Å². The lowest BCUT2D eigenvalue weighted by molar-refractivity contribution is 0.746. The summed E-state index contributed by atoms with van der Waals surface area (Å²) in [4.78, 5) is 7.60. The van der Waals surface area contributed by atoms with Crippen LogP contribution in [-0.2, 0) is 13.6 Å². The number of aromatic amines is 1. The minimum Gasteiger partial charge on any atom is -0.399 e. The molecule has 0 unspecified atom stereocenters. The van der Waals surface area contributed by atoms with Crippen molar-refractivity contribution in [3.8, 4) is 0 Å². The van der Waals surface area contributed by atoms with Crippen molar-refractivity contribution in [2.24, 2.45) is 7.05 Å². The van der Waals surface area contributed by atoms with Gasteiger partial charge in [0.25, 0.3) is 0 Å². The molecule has 0 spiro atoms. The van der Waals surface area contributed by atoms with Gasteiger partial charge in [-0.3, -0.25) is 4.68 Å². The molecule has 0 aliphatic heterocycles. The summed E-state index contributed by atoms with van der Waals surface area (Å²) in [6, 6.07) is 7.57. The zero-order valence-electron chi connectivity index (χ0n) is 10.0. The van der Waals surface area contributed by atoms with Gasteiger partial charge in [-0.05, 0) is 24.3 Å². The Morgan fingerprint density at radius 2 is 2.28 bits per heavy atom. The highest BCUT2D eigenvalue weighted by atomic mass is 15.3. The largest absolute Gasteiger partial charge is 0.399 e. The lowest BCUT2D eigenvalue weighted by atomic mass is 10.3. The second-order valence-electron chi connectivity index (χ2n) is 4.20. The zero-order chi connectivity index (χ0) is 12.5. The van der Waals surface area contributed by atoms with Crippen LogP contribution < -0.4 is 11.1 Å². The summed E-state index contributed by atoms with van der Waals surface area (Å²) in [7, 11) is 1.90. The third-order valence-corrected chi connectivity index (χ3v) is 2.71. The summed E-state index contributed by atoms with van der Waals surface area (Å²) in [5.41, 5.74) is 9.24. The van der Waals surface area contributed by atoms with Gasteiger partial charge in [-0.25, -0.2) is 4.98 Å². The highest BCUT2D eigenvalue weighted by Gasteiger charge is 2.03. The third kappa shape index (κ3) is 2.00. The molecular weight excluding hydrogens is 228 g/mol. The predicted molar refractivity (Wildman–Crippen MR) is 71.0 cm³/mol. The van der Waals surface area contributed by atoms with E-state index in [1.807, 2.05) is 37.5 Å². The van der Waals surface area contributed by atoms with Crippen LogP contribution in [0, 0.1) is 0 Å². The Hall–Kier alpha value is -2.50. The van der Waals surface area contributed by atoms with Crippen LogP contribution in [-0.4, -0.2) is 19.7 Å². The number of nitrogens with two attached hydrogens (primary N) is 1. The maximum Gasteiger partial charge on any atom is 0.201 e. The highest BCUT2D eigenvalue weighted by Crippen LogP contribution is 2.17. The number of aryl methyl sites for hydroxylation is 1. The Bertz CT molecular complexity index is 681. The molecule has 0 radical (unpaired) electrons. The summed E-state index contributed by atoms with van der Waals surface area (Å²) >= 11 is 0. The second-order valence-corrected chi connectivity index (χ2v) is 4.20. The fraction of sp³-hybridized carbons (Fsp3) is 0.167. The van der Waals surface area contributed by atoms with Gasteiger partial charge in [-0.2, -0.15) is 5.10 Å². The van der Waals surface area contributed by atoms with Crippen molar-refractivity contribution in [1.82, 2.24) is 19.7 Å². The standard InChI is InChI=1S/C12H14N6/c1-18-5-4-9(17-18)7-14-12-15-10-3-2-8(13)6-11(10)16-12/h2-6H,7,13H2,1H3,(H2,14,15,16). The van der Waals surface area contributed by atoms with Crippen LogP contribution in [0.3, 0.4) is 0 Å². The lowest BCUT2D eigenvalue weighted by Gasteiger charge is -1.98. The molecule has 2 heterocycles. The number of aromatic nitrogens is 4. The fourth-order valence-corrected chi connectivity index (χ4v) is 1.84. The van der Waals surface area contributed by atoms with Crippen LogP contribution in [0.4, 0.5) is 11.6 Å². The maximum absolute atomic E-state index is 5.72. The first-order chi connectivity index (χ1) is 8.70. The number of benzene rings is 1. The Morgan fingerprint density at radius 1 is 1.39 bits per heavy atom. The van der Waals surface area contributed by atoms with Crippen LogP contribution in [0.1, 0.15) is 5.69 Å². The van der Waals surface area contributed by atoms with E-state index >= 15 is 0 Å². The topological polar surface area (TPSA) is 84.5 Å². The van der Waals surface area contributed by atoms with Gasteiger partial charge in [0, 0.05) is 18.9 Å². The molecule has 0 aliphatic rings. The zero-order valence-corrected chi connectivity index (χ0v) is 10.0. The first kappa shape index (κ1) is 10.6. The van der Waals surface area contributed by atoms with Crippen molar-refractivity contribution in [3.05, 3.63) is 36.2 Å². The lowest BCUT2D eigenvalue weighted by Crippen LogP contribution is -2.02. The molecular formula is C12H14N6. The average Bonchev–Trinajstić information content (AvgIpc) is 2.92. The maximum atomic E-state index is 5.72. The minimum atomic E-state index is 0.635. The predicted octanol–water partition coefficient (Wildman–Crippen LogP) is 1.49. The molecule has 0 aliphatic carbocycles. The molecule has 0 amide bonds. The molecule has 2 aromatic heterocycles. The number of nitrogens with zero attached hydrogens (tertiary/aromatic N) is 3. The molecule has 0 saturated heterocycles. The SMILES string of the molecule is Cn1ccc(CNc2nc3ccc(N)cc3[nH]2)n1. The number of H-pyrrole nitrogens is 1. The Labute approximate surface area is 104 Å². The molecule has 3 rings (SSSR count). The highest BCUT2D eigenvalue weighted by molar-refractivity contribution is 5.80. The van der Waals surface area contributed by atoms with E-state index in [0.29, 0.717) is 6.54 Å². The van der Waals surface area contributed by atoms with E-state index in [9.17, 15) is 0 Å². The van der Waals surface area contributed by atoms with Crippen LogP contribution >= 0.6 is 0 Å². The summed E-state index contributed by atoms with van der Waals surface area (Å²) in [5.74, 6) is 0.723. The summed E-state index contributed by atoms with van der Waals surface area (Å²) < 4.78 is 1.77. The van der Waals surface area contributed by atoms with Gasteiger partial charge in [0.1, 0.15) is 0 Å². The molecule has 1 aromatic carbocycles. The molecule has 3 aromatic rings. The fourth-order valence-electron chi connectivity index (χ4n) is 1.84. The number of fused-ring (bicyclic) bond motifs is 1. The second kappa shape index (κ2) is 4.06. The van der Waals surface area contributed by atoms with Crippen LogP contribution in [0.5, 0.6) is 0 Å². The van der Waals surface area contributed by atoms with Gasteiger partial charge in [-0.1, -0.05) is 0 Å². The van der Waals surface area contributed by atoms with E-state index in [0.717, 1.165) is 28.4 Å². The molecule has 6 nitrogen and oxygen atoms in total. The smallest absolute Gasteiger partial charge is 0.201 e. The molecule has 0 fully saturated rings. The molecule has 92 valence electrons. The van der Waals surface area contributed by atoms with E-state index in [2.05, 4.69) is 20.4 Å².